The highest BCUT2D eigenvalue weighted by atomic mass is 16.6. The Kier molecular flexibility index (Phi) is 3.94. The number of benzene rings is 2. The molecule has 118 valence electrons. The van der Waals surface area contributed by atoms with E-state index in [0.717, 1.165) is 5.56 Å². The number of hydrogen-bond acceptors (Lipinski definition) is 5. The molecule has 0 spiro atoms. The minimum Gasteiger partial charge on any atom is -0.407 e. The van der Waals surface area contributed by atoms with Gasteiger partial charge in [-0.15, -0.1) is 0 Å². The molecule has 3 aromatic rings. The lowest BCUT2D eigenvalue weighted by molar-refractivity contribution is -0.384. The molecule has 0 fully saturated rings. The van der Waals surface area contributed by atoms with Gasteiger partial charge in [-0.2, -0.15) is 0 Å². The van der Waals surface area contributed by atoms with Crippen LogP contribution in [-0.2, 0) is 13.2 Å². The van der Waals surface area contributed by atoms with E-state index in [9.17, 15) is 14.9 Å². The monoisotopic (exact) mass is 313 g/mol. The van der Waals surface area contributed by atoms with Gasteiger partial charge >= 0.3 is 5.76 Å². The van der Waals surface area contributed by atoms with Crippen molar-refractivity contribution in [3.05, 3.63) is 74.8 Å². The van der Waals surface area contributed by atoms with E-state index in [2.05, 4.69) is 0 Å². The predicted molar refractivity (Wildman–Crippen MR) is 85.0 cm³/mol. The largest absolute Gasteiger partial charge is 0.421 e. The molecule has 0 unspecified atom stereocenters. The van der Waals surface area contributed by atoms with E-state index in [-0.39, 0.29) is 11.3 Å². The summed E-state index contributed by atoms with van der Waals surface area (Å²) in [4.78, 5) is 24.2. The van der Waals surface area contributed by atoms with Crippen LogP contribution in [0.15, 0.2) is 57.7 Å². The maximum absolute atomic E-state index is 12.0. The molecule has 0 N–H and O–H groups in total. The van der Waals surface area contributed by atoms with E-state index in [1.54, 1.807) is 0 Å². The molecule has 0 aliphatic heterocycles. The van der Waals surface area contributed by atoms with Crippen LogP contribution in [0.4, 0.5) is 5.69 Å². The van der Waals surface area contributed by atoms with Gasteiger partial charge in [0.05, 0.1) is 23.2 Å². The summed E-state index contributed by atoms with van der Waals surface area (Å²) in [5.41, 5.74) is 1.79. The fourth-order valence-corrected chi connectivity index (χ4v) is 2.49. The first-order valence-corrected chi connectivity index (χ1v) is 7.05. The predicted octanol–water partition coefficient (Wildman–Crippen LogP) is 2.59. The number of nitrogens with zero attached hydrogens (tertiary/aromatic N) is 3. The molecule has 1 heterocycles. The maximum atomic E-state index is 12.0. The Labute approximate surface area is 131 Å². The van der Waals surface area contributed by atoms with Crippen molar-refractivity contribution in [2.45, 2.75) is 13.2 Å². The van der Waals surface area contributed by atoms with E-state index < -0.39 is 10.7 Å². The zero-order valence-electron chi connectivity index (χ0n) is 12.5. The summed E-state index contributed by atoms with van der Waals surface area (Å²) in [6.45, 7) is 1.01. The molecule has 7 heteroatoms. The Bertz CT molecular complexity index is 899. The molecule has 23 heavy (non-hydrogen) atoms. The molecule has 0 aliphatic carbocycles. The van der Waals surface area contributed by atoms with Crippen LogP contribution in [0.2, 0.25) is 0 Å². The van der Waals surface area contributed by atoms with Crippen molar-refractivity contribution < 1.29 is 9.34 Å². The lowest BCUT2D eigenvalue weighted by atomic mass is 10.2. The third kappa shape index (κ3) is 3.14. The van der Waals surface area contributed by atoms with Crippen LogP contribution in [0.1, 0.15) is 5.56 Å². The van der Waals surface area contributed by atoms with Gasteiger partial charge in [0.15, 0.2) is 5.58 Å². The van der Waals surface area contributed by atoms with Gasteiger partial charge in [-0.05, 0) is 18.7 Å². The molecule has 3 rings (SSSR count). The quantitative estimate of drug-likeness (QED) is 0.534. The van der Waals surface area contributed by atoms with Crippen LogP contribution in [-0.4, -0.2) is 21.4 Å². The van der Waals surface area contributed by atoms with Gasteiger partial charge in [-0.25, -0.2) is 4.79 Å². The first kappa shape index (κ1) is 15.0. The zero-order valence-corrected chi connectivity index (χ0v) is 12.5. The molecule has 0 radical (unpaired) electrons. The molecule has 0 amide bonds. The molecular formula is C16H15N3O4. The topological polar surface area (TPSA) is 81.5 Å². The second-order valence-corrected chi connectivity index (χ2v) is 5.35. The van der Waals surface area contributed by atoms with Crippen molar-refractivity contribution in [2.24, 2.45) is 0 Å². The summed E-state index contributed by atoms with van der Waals surface area (Å²) in [6.07, 6.45) is 0. The van der Waals surface area contributed by atoms with Gasteiger partial charge in [0.25, 0.3) is 5.69 Å². The molecule has 0 aliphatic rings. The Morgan fingerprint density at radius 2 is 1.96 bits per heavy atom. The van der Waals surface area contributed by atoms with Crippen molar-refractivity contribution in [2.75, 3.05) is 7.05 Å². The van der Waals surface area contributed by atoms with Gasteiger partial charge in [-0.3, -0.25) is 19.6 Å². The average molecular weight is 313 g/mol. The van der Waals surface area contributed by atoms with Crippen molar-refractivity contribution in [3.8, 4) is 0 Å². The van der Waals surface area contributed by atoms with Crippen LogP contribution in [0.25, 0.3) is 11.1 Å². The molecule has 0 atom stereocenters. The van der Waals surface area contributed by atoms with Crippen LogP contribution in [0.3, 0.4) is 0 Å². The van der Waals surface area contributed by atoms with Gasteiger partial charge in [-0.1, -0.05) is 30.3 Å². The molecule has 1 aromatic heterocycles. The number of fused-ring (bicyclic) bond motifs is 1. The summed E-state index contributed by atoms with van der Waals surface area (Å²) in [7, 11) is 1.89. The van der Waals surface area contributed by atoms with E-state index in [1.165, 1.54) is 22.8 Å². The molecular weight excluding hydrogens is 298 g/mol. The molecule has 7 nitrogen and oxygen atoms in total. The number of non-ortho nitro benzene ring substituents is 1. The van der Waals surface area contributed by atoms with Crippen LogP contribution < -0.4 is 5.76 Å². The van der Waals surface area contributed by atoms with Crippen molar-refractivity contribution in [1.82, 2.24) is 9.47 Å². The SMILES string of the molecule is CN(Cc1ccccc1)Cn1c(=O)oc2cc([N+](=O)[O-])ccc21. The first-order chi connectivity index (χ1) is 11.0. The third-order valence-electron chi connectivity index (χ3n) is 3.54. The normalized spacial score (nSPS) is 11.2. The zero-order chi connectivity index (χ0) is 16.4. The van der Waals surface area contributed by atoms with E-state index >= 15 is 0 Å². The summed E-state index contributed by atoms with van der Waals surface area (Å²) in [5.74, 6) is -0.527. The van der Waals surface area contributed by atoms with Crippen molar-refractivity contribution in [1.29, 1.82) is 0 Å². The lowest BCUT2D eigenvalue weighted by Gasteiger charge is -2.16. The average Bonchev–Trinajstić information content (AvgIpc) is 2.83. The van der Waals surface area contributed by atoms with E-state index in [4.69, 9.17) is 4.42 Å². The fourth-order valence-electron chi connectivity index (χ4n) is 2.49. The maximum Gasteiger partial charge on any atom is 0.421 e. The second-order valence-electron chi connectivity index (χ2n) is 5.35. The van der Waals surface area contributed by atoms with Gasteiger partial charge in [0, 0.05) is 12.6 Å². The van der Waals surface area contributed by atoms with Crippen LogP contribution in [0.5, 0.6) is 0 Å². The van der Waals surface area contributed by atoms with Gasteiger partial charge in [0.1, 0.15) is 0 Å². The number of aromatic nitrogens is 1. The lowest BCUT2D eigenvalue weighted by Crippen LogP contribution is -2.27. The number of nitro groups is 1. The highest BCUT2D eigenvalue weighted by Gasteiger charge is 2.15. The van der Waals surface area contributed by atoms with Gasteiger partial charge < -0.3 is 4.42 Å². The standard InChI is InChI=1S/C16H15N3O4/c1-17(10-12-5-3-2-4-6-12)11-18-14-8-7-13(19(21)22)9-15(14)23-16(18)20/h2-9H,10-11H2,1H3. The number of oxazole rings is 1. The van der Waals surface area contributed by atoms with Gasteiger partial charge in [0.2, 0.25) is 0 Å². The highest BCUT2D eigenvalue weighted by Crippen LogP contribution is 2.20. The van der Waals surface area contributed by atoms with Crippen LogP contribution in [0, 0.1) is 10.1 Å². The van der Waals surface area contributed by atoms with Crippen molar-refractivity contribution >= 4 is 16.8 Å². The minimum absolute atomic E-state index is 0.101. The smallest absolute Gasteiger partial charge is 0.407 e. The first-order valence-electron chi connectivity index (χ1n) is 7.05. The summed E-state index contributed by atoms with van der Waals surface area (Å²) >= 11 is 0. The highest BCUT2D eigenvalue weighted by molar-refractivity contribution is 5.75. The van der Waals surface area contributed by atoms with Crippen molar-refractivity contribution in [3.63, 3.8) is 0 Å². The fraction of sp³-hybridized carbons (Fsp3) is 0.188. The minimum atomic E-state index is -0.527. The number of nitro benzene ring substituents is 1. The number of rotatable bonds is 5. The second kappa shape index (κ2) is 6.05. The Morgan fingerprint density at radius 1 is 1.22 bits per heavy atom. The Balaban J connectivity index is 1.86. The summed E-state index contributed by atoms with van der Waals surface area (Å²) in [6, 6.07) is 14.1. The molecule has 0 bridgehead atoms. The Hall–Kier alpha value is -2.93. The summed E-state index contributed by atoms with van der Waals surface area (Å²) < 4.78 is 6.58. The molecule has 0 saturated heterocycles. The molecule has 0 saturated carbocycles. The van der Waals surface area contributed by atoms with Crippen LogP contribution >= 0.6 is 0 Å². The molecule has 2 aromatic carbocycles. The van der Waals surface area contributed by atoms with E-state index in [1.807, 2.05) is 42.3 Å². The Morgan fingerprint density at radius 3 is 2.65 bits per heavy atom. The number of hydrogen-bond donors (Lipinski definition) is 0. The van der Waals surface area contributed by atoms with E-state index in [0.29, 0.717) is 18.7 Å². The summed E-state index contributed by atoms with van der Waals surface area (Å²) in [5, 5.41) is 10.8. The third-order valence-corrected chi connectivity index (χ3v) is 3.54.